The van der Waals surface area contributed by atoms with E-state index in [-0.39, 0.29) is 30.1 Å². The average Bonchev–Trinajstić information content (AvgIpc) is 3.46. The first-order chi connectivity index (χ1) is 18.1. The van der Waals surface area contributed by atoms with Gasteiger partial charge in [-0.1, -0.05) is 31.6 Å². The van der Waals surface area contributed by atoms with Gasteiger partial charge >= 0.3 is 10.2 Å². The van der Waals surface area contributed by atoms with Crippen LogP contribution in [0.4, 0.5) is 30.8 Å². The zero-order valence-electron chi connectivity index (χ0n) is 20.5. The Labute approximate surface area is 220 Å². The summed E-state index contributed by atoms with van der Waals surface area (Å²) >= 11 is 0. The van der Waals surface area contributed by atoms with Crippen molar-refractivity contribution in [1.29, 1.82) is 0 Å². The van der Waals surface area contributed by atoms with Crippen LogP contribution in [0.25, 0.3) is 0 Å². The molecule has 7 nitrogen and oxygen atoms in total. The molecule has 39 heavy (non-hydrogen) atoms. The molecule has 5 rings (SSSR count). The van der Waals surface area contributed by atoms with E-state index in [1.807, 2.05) is 41.2 Å². The maximum atomic E-state index is 13.4. The van der Waals surface area contributed by atoms with Crippen molar-refractivity contribution >= 4 is 33.8 Å². The minimum atomic E-state index is -10.1. The molecule has 0 spiro atoms. The molecule has 3 heterocycles. The average molecular weight is 564 g/mol. The fraction of sp³-hybridized carbons (Fsp3) is 0.115. The molecule has 2 N–H and O–H groups in total. The quantitative estimate of drug-likeness (QED) is 0.246. The number of hydrogen-bond acceptors (Lipinski definition) is 6. The van der Waals surface area contributed by atoms with Crippen LogP contribution in [-0.4, -0.2) is 22.2 Å². The molecule has 0 radical (unpaired) electrons. The second-order valence-corrected chi connectivity index (χ2v) is 11.7. The summed E-state index contributed by atoms with van der Waals surface area (Å²) in [5, 5.41) is 4.33. The lowest BCUT2D eigenvalue weighted by Gasteiger charge is -2.40. The van der Waals surface area contributed by atoms with Crippen LogP contribution in [0.2, 0.25) is 0 Å². The highest BCUT2D eigenvalue weighted by atomic mass is 32.5. The van der Waals surface area contributed by atoms with Crippen LogP contribution in [0.3, 0.4) is 0 Å². The summed E-state index contributed by atoms with van der Waals surface area (Å²) in [6.45, 7) is 3.55. The number of hydrazine groups is 1. The largest absolute Gasteiger partial charge is 0.322 e. The highest BCUT2D eigenvalue weighted by Crippen LogP contribution is 3.02. The first-order valence-electron chi connectivity index (χ1n) is 11.5. The number of amides is 1. The number of benzene rings is 2. The van der Waals surface area contributed by atoms with E-state index in [4.69, 9.17) is 0 Å². The number of carbonyl (C=O) groups excluding carboxylic acids is 2. The van der Waals surface area contributed by atoms with E-state index in [0.717, 1.165) is 23.0 Å². The lowest BCUT2D eigenvalue weighted by Crippen LogP contribution is -2.29. The van der Waals surface area contributed by atoms with Crippen LogP contribution < -0.4 is 15.6 Å². The maximum absolute atomic E-state index is 13.4. The summed E-state index contributed by atoms with van der Waals surface area (Å²) in [6, 6.07) is 7.97. The number of anilines is 2. The van der Waals surface area contributed by atoms with Gasteiger partial charge in [0.2, 0.25) is 0 Å². The van der Waals surface area contributed by atoms with Gasteiger partial charge in [0.1, 0.15) is 17.0 Å². The van der Waals surface area contributed by atoms with Crippen LogP contribution in [0.15, 0.2) is 84.1 Å². The SMILES string of the molecule is Cc1cc(C)c(N2C=CN3NC(c4cccnc4)C=C32)cc1NC(=O)c1cc(C=O)cc(S(F)(F)(F)(F)F)c1. The van der Waals surface area contributed by atoms with E-state index in [9.17, 15) is 29.0 Å². The summed E-state index contributed by atoms with van der Waals surface area (Å²) in [4.78, 5) is 27.8. The molecule has 13 heteroatoms. The number of carbonyl (C=O) groups is 2. The molecule has 0 saturated carbocycles. The number of pyridine rings is 1. The minimum Gasteiger partial charge on any atom is -0.322 e. The van der Waals surface area contributed by atoms with Crippen molar-refractivity contribution in [3.8, 4) is 0 Å². The number of aldehydes is 1. The van der Waals surface area contributed by atoms with E-state index in [2.05, 4.69) is 15.7 Å². The van der Waals surface area contributed by atoms with Crippen LogP contribution in [0, 0.1) is 13.8 Å². The highest BCUT2D eigenvalue weighted by molar-refractivity contribution is 8.45. The van der Waals surface area contributed by atoms with Gasteiger partial charge < -0.3 is 10.2 Å². The molecule has 2 aliphatic rings. The van der Waals surface area contributed by atoms with Gasteiger partial charge in [0.05, 0.1) is 11.7 Å². The Bertz CT molecular complexity index is 1580. The Hall–Kier alpha value is -4.23. The predicted molar refractivity (Wildman–Crippen MR) is 139 cm³/mol. The van der Waals surface area contributed by atoms with Crippen molar-refractivity contribution in [3.63, 3.8) is 0 Å². The van der Waals surface area contributed by atoms with Crippen molar-refractivity contribution in [2.45, 2.75) is 24.8 Å². The number of fused-ring (bicyclic) bond motifs is 1. The number of halogens is 5. The van der Waals surface area contributed by atoms with Gasteiger partial charge in [-0.2, -0.15) is 0 Å². The van der Waals surface area contributed by atoms with Gasteiger partial charge in [0.25, 0.3) is 5.91 Å². The standard InChI is InChI=1S/C26H22F5N5O2S/c1-16-8-17(2)24(35-6-7-36-25(35)13-23(34-36)19-4-3-5-32-14-19)12-22(16)33-26(38)20-9-18(15-37)10-21(11-20)39(27,28,29,30)31/h3-15,23,34H,1-2H3,(H,33,38). The number of hydrogen-bond donors (Lipinski definition) is 2. The van der Waals surface area contributed by atoms with E-state index < -0.39 is 32.2 Å². The first-order valence-corrected chi connectivity index (χ1v) is 13.5. The molecule has 3 aromatic rings. The monoisotopic (exact) mass is 563 g/mol. The van der Waals surface area contributed by atoms with Gasteiger partial charge in [0, 0.05) is 41.6 Å². The molecule has 2 aromatic carbocycles. The summed E-state index contributed by atoms with van der Waals surface area (Å²) in [5.41, 5.74) is 5.22. The maximum Gasteiger partial charge on any atom is 0.310 e. The predicted octanol–water partition coefficient (Wildman–Crippen LogP) is 7.11. The molecule has 1 amide bonds. The van der Waals surface area contributed by atoms with Crippen LogP contribution in [-0.2, 0) is 0 Å². The van der Waals surface area contributed by atoms with Gasteiger partial charge in [-0.15, -0.1) is 0 Å². The fourth-order valence-corrected chi connectivity index (χ4v) is 5.12. The highest BCUT2D eigenvalue weighted by Gasteiger charge is 2.65. The Morgan fingerprint density at radius 2 is 1.82 bits per heavy atom. The Morgan fingerprint density at radius 1 is 1.05 bits per heavy atom. The number of aryl methyl sites for hydroxylation is 2. The first kappa shape index (κ1) is 26.4. The zero-order chi connectivity index (χ0) is 28.2. The Morgan fingerprint density at radius 3 is 2.49 bits per heavy atom. The lowest BCUT2D eigenvalue weighted by molar-refractivity contribution is 0.102. The molecule has 0 aliphatic carbocycles. The summed E-state index contributed by atoms with van der Waals surface area (Å²) in [5.74, 6) is -0.288. The lowest BCUT2D eigenvalue weighted by atomic mass is 10.1. The number of aromatic nitrogens is 1. The van der Waals surface area contributed by atoms with E-state index >= 15 is 0 Å². The van der Waals surface area contributed by atoms with Crippen molar-refractivity contribution in [2.24, 2.45) is 0 Å². The van der Waals surface area contributed by atoms with Crippen molar-refractivity contribution in [1.82, 2.24) is 15.4 Å². The summed E-state index contributed by atoms with van der Waals surface area (Å²) < 4.78 is 67.2. The molecule has 1 unspecified atom stereocenters. The minimum absolute atomic E-state index is 0.0212. The van der Waals surface area contributed by atoms with Gasteiger partial charge in [-0.3, -0.25) is 19.6 Å². The number of nitrogens with one attached hydrogen (secondary N) is 2. The van der Waals surface area contributed by atoms with E-state index in [1.54, 1.807) is 37.7 Å². The third-order valence-corrected chi connectivity index (χ3v) is 7.45. The number of rotatable bonds is 6. The summed E-state index contributed by atoms with van der Waals surface area (Å²) in [7, 11) is -10.1. The van der Waals surface area contributed by atoms with E-state index in [1.165, 1.54) is 0 Å². The third kappa shape index (κ3) is 5.22. The molecule has 0 bridgehead atoms. The van der Waals surface area contributed by atoms with Crippen molar-refractivity contribution < 1.29 is 29.0 Å². The van der Waals surface area contributed by atoms with Crippen LogP contribution >= 0.6 is 10.2 Å². The molecule has 1 aromatic heterocycles. The van der Waals surface area contributed by atoms with Crippen molar-refractivity contribution in [2.75, 3.05) is 10.2 Å². The zero-order valence-corrected chi connectivity index (χ0v) is 21.4. The number of nitrogens with zero attached hydrogens (tertiary/aromatic N) is 3. The van der Waals surface area contributed by atoms with Gasteiger partial charge in [-0.25, -0.2) is 5.43 Å². The molecule has 204 valence electrons. The molecular weight excluding hydrogens is 541 g/mol. The van der Waals surface area contributed by atoms with Crippen molar-refractivity contribution in [3.05, 3.63) is 107 Å². The molecule has 2 aliphatic heterocycles. The Balaban J connectivity index is 1.46. The van der Waals surface area contributed by atoms with Gasteiger partial charge in [-0.05, 0) is 66.9 Å². The molecule has 0 saturated heterocycles. The normalized spacial score (nSPS) is 18.3. The molecular formula is C26H22F5N5O2S. The smallest absolute Gasteiger partial charge is 0.310 e. The molecule has 1 atom stereocenters. The fourth-order valence-electron chi connectivity index (χ4n) is 4.42. The second kappa shape index (κ2) is 8.38. The second-order valence-electron chi connectivity index (χ2n) is 9.24. The van der Waals surface area contributed by atoms with E-state index in [0.29, 0.717) is 11.3 Å². The van der Waals surface area contributed by atoms with Crippen LogP contribution in [0.5, 0.6) is 0 Å². The topological polar surface area (TPSA) is 77.6 Å². The van der Waals surface area contributed by atoms with Gasteiger partial charge in [0.15, 0.2) is 0 Å². The summed E-state index contributed by atoms with van der Waals surface area (Å²) in [6.07, 6.45) is 9.00. The van der Waals surface area contributed by atoms with Crippen LogP contribution in [0.1, 0.15) is 43.4 Å². The Kier molecular flexibility index (Phi) is 5.67. The third-order valence-electron chi connectivity index (χ3n) is 6.32. The molecule has 0 fully saturated rings.